The Morgan fingerprint density at radius 3 is 2.77 bits per heavy atom. The van der Waals surface area contributed by atoms with E-state index in [1.807, 2.05) is 25.8 Å². The normalized spacial score (nSPS) is 12.9. The van der Waals surface area contributed by atoms with Crippen molar-refractivity contribution in [2.24, 2.45) is 5.73 Å². The second kappa shape index (κ2) is 4.23. The zero-order valence-electron chi connectivity index (χ0n) is 8.32. The zero-order valence-corrected chi connectivity index (χ0v) is 8.32. The summed E-state index contributed by atoms with van der Waals surface area (Å²) in [6, 6.07) is -0.147. The number of nitrogens with zero attached hydrogens (tertiary/aromatic N) is 3. The van der Waals surface area contributed by atoms with Gasteiger partial charge in [-0.15, -0.1) is 0 Å². The monoisotopic (exact) mass is 184 g/mol. The Morgan fingerprint density at radius 1 is 1.54 bits per heavy atom. The Kier molecular flexibility index (Phi) is 3.25. The van der Waals surface area contributed by atoms with E-state index >= 15 is 0 Å². The molecule has 0 saturated heterocycles. The van der Waals surface area contributed by atoms with E-state index in [4.69, 9.17) is 10.3 Å². The molecule has 5 nitrogen and oxygen atoms in total. The van der Waals surface area contributed by atoms with Crippen LogP contribution in [0.25, 0.3) is 0 Å². The van der Waals surface area contributed by atoms with Gasteiger partial charge >= 0.3 is 0 Å². The van der Waals surface area contributed by atoms with Crippen molar-refractivity contribution in [3.63, 3.8) is 0 Å². The van der Waals surface area contributed by atoms with Crippen molar-refractivity contribution in [1.29, 1.82) is 0 Å². The summed E-state index contributed by atoms with van der Waals surface area (Å²) in [4.78, 5) is 6.07. The molecule has 13 heavy (non-hydrogen) atoms. The molecular weight excluding hydrogens is 168 g/mol. The summed E-state index contributed by atoms with van der Waals surface area (Å²) in [7, 11) is 1.91. The van der Waals surface area contributed by atoms with E-state index < -0.39 is 0 Å². The van der Waals surface area contributed by atoms with Crippen LogP contribution in [0.1, 0.15) is 32.2 Å². The minimum Gasteiger partial charge on any atom is -0.342 e. The summed E-state index contributed by atoms with van der Waals surface area (Å²) in [5.41, 5.74) is 5.73. The molecule has 74 valence electrons. The van der Waals surface area contributed by atoms with Crippen LogP contribution >= 0.6 is 0 Å². The van der Waals surface area contributed by atoms with Gasteiger partial charge in [-0.05, 0) is 18.5 Å². The molecule has 0 saturated carbocycles. The second-order valence-corrected chi connectivity index (χ2v) is 2.96. The predicted octanol–water partition coefficient (Wildman–Crippen LogP) is 0.936. The SMILES string of the molecule is CC[C@@H](N)c1nc(N(C)CC)no1. The van der Waals surface area contributed by atoms with Crippen LogP contribution in [0.5, 0.6) is 0 Å². The van der Waals surface area contributed by atoms with Crippen LogP contribution in [0.3, 0.4) is 0 Å². The predicted molar refractivity (Wildman–Crippen MR) is 50.5 cm³/mol. The topological polar surface area (TPSA) is 68.2 Å². The van der Waals surface area contributed by atoms with Gasteiger partial charge < -0.3 is 15.2 Å². The van der Waals surface area contributed by atoms with Gasteiger partial charge in [0.05, 0.1) is 6.04 Å². The molecule has 2 N–H and O–H groups in total. The van der Waals surface area contributed by atoms with Crippen molar-refractivity contribution < 1.29 is 4.52 Å². The molecule has 1 rings (SSSR count). The molecule has 1 heterocycles. The van der Waals surface area contributed by atoms with Gasteiger partial charge in [0.15, 0.2) is 0 Å². The molecule has 0 bridgehead atoms. The first kappa shape index (κ1) is 9.98. The van der Waals surface area contributed by atoms with Gasteiger partial charge in [0.25, 0.3) is 5.95 Å². The smallest absolute Gasteiger partial charge is 0.265 e. The van der Waals surface area contributed by atoms with Crippen molar-refractivity contribution in [2.75, 3.05) is 18.5 Å². The molecule has 1 aromatic rings. The maximum Gasteiger partial charge on any atom is 0.265 e. The van der Waals surface area contributed by atoms with Crippen LogP contribution in [0.4, 0.5) is 5.95 Å². The van der Waals surface area contributed by atoms with Gasteiger partial charge in [0, 0.05) is 13.6 Å². The van der Waals surface area contributed by atoms with E-state index in [0.717, 1.165) is 13.0 Å². The summed E-state index contributed by atoms with van der Waals surface area (Å²) < 4.78 is 5.01. The summed E-state index contributed by atoms with van der Waals surface area (Å²) in [6.07, 6.45) is 0.803. The van der Waals surface area contributed by atoms with E-state index in [1.165, 1.54) is 0 Å². The minimum absolute atomic E-state index is 0.147. The fourth-order valence-corrected chi connectivity index (χ4v) is 0.849. The van der Waals surface area contributed by atoms with Crippen LogP contribution < -0.4 is 10.6 Å². The molecule has 0 aliphatic carbocycles. The first-order valence-corrected chi connectivity index (χ1v) is 4.49. The molecule has 0 fully saturated rings. The van der Waals surface area contributed by atoms with Crippen molar-refractivity contribution in [2.45, 2.75) is 26.3 Å². The number of rotatable bonds is 4. The van der Waals surface area contributed by atoms with Crippen molar-refractivity contribution in [1.82, 2.24) is 10.1 Å². The molecule has 0 spiro atoms. The third-order valence-electron chi connectivity index (χ3n) is 2.00. The number of aromatic nitrogens is 2. The van der Waals surface area contributed by atoms with E-state index in [9.17, 15) is 0 Å². The minimum atomic E-state index is -0.147. The molecule has 0 aliphatic heterocycles. The van der Waals surface area contributed by atoms with Gasteiger partial charge in [-0.1, -0.05) is 6.92 Å². The van der Waals surface area contributed by atoms with Crippen LogP contribution in [0.2, 0.25) is 0 Å². The highest BCUT2D eigenvalue weighted by Crippen LogP contribution is 2.14. The Hall–Kier alpha value is -1.10. The van der Waals surface area contributed by atoms with Gasteiger partial charge in [-0.2, -0.15) is 4.98 Å². The van der Waals surface area contributed by atoms with Gasteiger partial charge in [-0.3, -0.25) is 0 Å². The summed E-state index contributed by atoms with van der Waals surface area (Å²) in [5, 5.41) is 3.82. The molecule has 5 heteroatoms. The Balaban J connectivity index is 2.74. The zero-order chi connectivity index (χ0) is 9.84. The lowest BCUT2D eigenvalue weighted by atomic mass is 10.2. The highest BCUT2D eigenvalue weighted by molar-refractivity contribution is 5.25. The number of hydrogen-bond acceptors (Lipinski definition) is 5. The lowest BCUT2D eigenvalue weighted by Crippen LogP contribution is -2.17. The van der Waals surface area contributed by atoms with E-state index in [-0.39, 0.29) is 6.04 Å². The summed E-state index contributed by atoms with van der Waals surface area (Å²) in [6.45, 7) is 4.86. The first-order chi connectivity index (χ1) is 6.19. The average molecular weight is 184 g/mol. The van der Waals surface area contributed by atoms with Crippen LogP contribution in [-0.4, -0.2) is 23.7 Å². The van der Waals surface area contributed by atoms with Crippen LogP contribution in [0.15, 0.2) is 4.52 Å². The Bertz CT molecular complexity index is 236. The fraction of sp³-hybridized carbons (Fsp3) is 0.750. The van der Waals surface area contributed by atoms with Crippen LogP contribution in [-0.2, 0) is 0 Å². The maximum atomic E-state index is 5.73. The standard InChI is InChI=1S/C8H16N4O/c1-4-6(9)7-10-8(11-13-7)12(3)5-2/h6H,4-5,9H2,1-3H3/t6-/m1/s1. The fourth-order valence-electron chi connectivity index (χ4n) is 0.849. The quantitative estimate of drug-likeness (QED) is 0.754. The molecule has 0 unspecified atom stereocenters. The average Bonchev–Trinajstić information content (AvgIpc) is 2.64. The largest absolute Gasteiger partial charge is 0.342 e. The number of nitrogens with two attached hydrogens (primary N) is 1. The van der Waals surface area contributed by atoms with Crippen molar-refractivity contribution >= 4 is 5.95 Å². The molecule has 0 aromatic carbocycles. The van der Waals surface area contributed by atoms with E-state index in [1.54, 1.807) is 0 Å². The molecule has 1 atom stereocenters. The summed E-state index contributed by atoms with van der Waals surface area (Å²) in [5.74, 6) is 1.11. The Morgan fingerprint density at radius 2 is 2.23 bits per heavy atom. The van der Waals surface area contributed by atoms with Crippen LogP contribution in [0, 0.1) is 0 Å². The second-order valence-electron chi connectivity index (χ2n) is 2.96. The van der Waals surface area contributed by atoms with Crippen molar-refractivity contribution in [3.8, 4) is 0 Å². The lowest BCUT2D eigenvalue weighted by molar-refractivity contribution is 0.351. The molecular formula is C8H16N4O. The maximum absolute atomic E-state index is 5.73. The van der Waals surface area contributed by atoms with E-state index in [2.05, 4.69) is 10.1 Å². The molecule has 0 aliphatic rings. The van der Waals surface area contributed by atoms with E-state index in [0.29, 0.717) is 11.8 Å². The third-order valence-corrected chi connectivity index (χ3v) is 2.00. The highest BCUT2D eigenvalue weighted by atomic mass is 16.5. The van der Waals surface area contributed by atoms with Gasteiger partial charge in [-0.25, -0.2) is 0 Å². The molecule has 1 aromatic heterocycles. The summed E-state index contributed by atoms with van der Waals surface area (Å²) >= 11 is 0. The molecule has 0 radical (unpaired) electrons. The third kappa shape index (κ3) is 2.18. The highest BCUT2D eigenvalue weighted by Gasteiger charge is 2.13. The number of hydrogen-bond donors (Lipinski definition) is 1. The van der Waals surface area contributed by atoms with Crippen molar-refractivity contribution in [3.05, 3.63) is 5.89 Å². The molecule has 0 amide bonds. The van der Waals surface area contributed by atoms with Gasteiger partial charge in [0.2, 0.25) is 5.89 Å². The Labute approximate surface area is 77.9 Å². The first-order valence-electron chi connectivity index (χ1n) is 4.49. The van der Waals surface area contributed by atoms with Gasteiger partial charge in [0.1, 0.15) is 0 Å². The lowest BCUT2D eigenvalue weighted by Gasteiger charge is -2.08. The number of anilines is 1.